The van der Waals surface area contributed by atoms with Gasteiger partial charge in [-0.1, -0.05) is 43.3 Å². The van der Waals surface area contributed by atoms with Crippen LogP contribution in [0.2, 0.25) is 0 Å². The molecule has 0 aliphatic carbocycles. The molecule has 2 N–H and O–H groups in total. The van der Waals surface area contributed by atoms with E-state index >= 15 is 0 Å². The summed E-state index contributed by atoms with van der Waals surface area (Å²) >= 11 is 0. The van der Waals surface area contributed by atoms with E-state index in [1.54, 1.807) is 6.07 Å². The topological polar surface area (TPSA) is 49.6 Å². The number of nitrogens with zero attached hydrogens (tertiary/aromatic N) is 2. The molecule has 1 heterocycles. The Kier molecular flexibility index (Phi) is 6.29. The predicted molar refractivity (Wildman–Crippen MR) is 107 cm³/mol. The molecule has 2 aromatic carbocycles. The van der Waals surface area contributed by atoms with Crippen molar-refractivity contribution < 1.29 is 4.79 Å². The van der Waals surface area contributed by atoms with Gasteiger partial charge in [0.25, 0.3) is 5.91 Å². The summed E-state index contributed by atoms with van der Waals surface area (Å²) < 4.78 is 0. The largest absolute Gasteiger partial charge is 0.399 e. The lowest BCUT2D eigenvalue weighted by atomic mass is 10.0. The van der Waals surface area contributed by atoms with Crippen molar-refractivity contribution in [1.82, 2.24) is 9.80 Å². The molecule has 1 aliphatic rings. The van der Waals surface area contributed by atoms with Gasteiger partial charge in [0, 0.05) is 36.9 Å². The van der Waals surface area contributed by atoms with Crippen molar-refractivity contribution in [3.05, 3.63) is 65.7 Å². The number of rotatable bonds is 6. The van der Waals surface area contributed by atoms with Crippen molar-refractivity contribution in [1.29, 1.82) is 0 Å². The van der Waals surface area contributed by atoms with Crippen molar-refractivity contribution in [2.75, 3.05) is 25.4 Å². The van der Waals surface area contributed by atoms with Crippen LogP contribution < -0.4 is 5.73 Å². The Hall–Kier alpha value is -2.33. The summed E-state index contributed by atoms with van der Waals surface area (Å²) in [6.45, 7) is 5.90. The summed E-state index contributed by atoms with van der Waals surface area (Å²) in [6, 6.07) is 18.2. The minimum Gasteiger partial charge on any atom is -0.399 e. The van der Waals surface area contributed by atoms with Gasteiger partial charge >= 0.3 is 0 Å². The van der Waals surface area contributed by atoms with E-state index < -0.39 is 0 Å². The van der Waals surface area contributed by atoms with E-state index in [2.05, 4.69) is 47.1 Å². The summed E-state index contributed by atoms with van der Waals surface area (Å²) in [5.74, 6) is 0.103. The Morgan fingerprint density at radius 3 is 2.73 bits per heavy atom. The van der Waals surface area contributed by atoms with Crippen LogP contribution in [0.4, 0.5) is 5.69 Å². The highest BCUT2D eigenvalue weighted by atomic mass is 16.2. The van der Waals surface area contributed by atoms with Gasteiger partial charge in [-0.05, 0) is 49.6 Å². The molecule has 0 aromatic heterocycles. The Balaban J connectivity index is 1.71. The molecule has 0 spiro atoms. The second kappa shape index (κ2) is 8.86. The molecule has 4 heteroatoms. The molecule has 1 amide bonds. The number of nitrogen functional groups attached to an aromatic ring is 1. The summed E-state index contributed by atoms with van der Waals surface area (Å²) in [4.78, 5) is 17.6. The third-order valence-corrected chi connectivity index (χ3v) is 5.03. The second-order valence-electron chi connectivity index (χ2n) is 7.14. The van der Waals surface area contributed by atoms with E-state index in [1.165, 1.54) is 5.56 Å². The quantitative estimate of drug-likeness (QED) is 0.806. The predicted octanol–water partition coefficient (Wildman–Crippen LogP) is 3.79. The van der Waals surface area contributed by atoms with Crippen LogP contribution in [0, 0.1) is 0 Å². The normalized spacial score (nSPS) is 17.8. The lowest BCUT2D eigenvalue weighted by molar-refractivity contribution is 0.0534. The smallest absolute Gasteiger partial charge is 0.254 e. The van der Waals surface area contributed by atoms with Crippen LogP contribution in [0.1, 0.15) is 42.1 Å². The Labute approximate surface area is 156 Å². The number of amides is 1. The number of likely N-dealkylation sites (tertiary alicyclic amines) is 1. The molecular formula is C22H29N3O. The highest BCUT2D eigenvalue weighted by Gasteiger charge is 2.28. The van der Waals surface area contributed by atoms with E-state index in [9.17, 15) is 4.79 Å². The van der Waals surface area contributed by atoms with Gasteiger partial charge in [0.15, 0.2) is 0 Å². The van der Waals surface area contributed by atoms with Gasteiger partial charge in [-0.15, -0.1) is 0 Å². The summed E-state index contributed by atoms with van der Waals surface area (Å²) in [5.41, 5.74) is 8.54. The molecule has 138 valence electrons. The molecule has 0 radical (unpaired) electrons. The molecule has 1 aliphatic heterocycles. The fourth-order valence-corrected chi connectivity index (χ4v) is 3.80. The SMILES string of the molecule is CCCN(C(=O)c1cccc(N)c1)C1CCCN(Cc2ccccc2)C1. The molecule has 4 nitrogen and oxygen atoms in total. The van der Waals surface area contributed by atoms with Gasteiger partial charge in [0.1, 0.15) is 0 Å². The van der Waals surface area contributed by atoms with E-state index in [4.69, 9.17) is 5.73 Å². The molecule has 1 unspecified atom stereocenters. The first-order chi connectivity index (χ1) is 12.7. The number of hydrogen-bond acceptors (Lipinski definition) is 3. The minimum absolute atomic E-state index is 0.103. The van der Waals surface area contributed by atoms with Crippen molar-refractivity contribution >= 4 is 11.6 Å². The highest BCUT2D eigenvalue weighted by molar-refractivity contribution is 5.95. The van der Waals surface area contributed by atoms with Gasteiger partial charge in [0.2, 0.25) is 0 Å². The maximum Gasteiger partial charge on any atom is 0.254 e. The van der Waals surface area contributed by atoms with Gasteiger partial charge in [0.05, 0.1) is 0 Å². The number of anilines is 1. The maximum atomic E-state index is 13.1. The number of hydrogen-bond donors (Lipinski definition) is 1. The maximum absolute atomic E-state index is 13.1. The van der Waals surface area contributed by atoms with Crippen LogP contribution in [-0.2, 0) is 6.54 Å². The average Bonchev–Trinajstić information content (AvgIpc) is 2.66. The number of carbonyl (C=O) groups excluding carboxylic acids is 1. The zero-order valence-electron chi connectivity index (χ0n) is 15.6. The van der Waals surface area contributed by atoms with E-state index in [-0.39, 0.29) is 11.9 Å². The third-order valence-electron chi connectivity index (χ3n) is 5.03. The minimum atomic E-state index is 0.103. The van der Waals surface area contributed by atoms with Crippen molar-refractivity contribution in [2.24, 2.45) is 0 Å². The molecule has 0 saturated carbocycles. The highest BCUT2D eigenvalue weighted by Crippen LogP contribution is 2.21. The molecule has 2 aromatic rings. The fourth-order valence-electron chi connectivity index (χ4n) is 3.80. The molecule has 1 fully saturated rings. The van der Waals surface area contributed by atoms with Gasteiger partial charge in [-0.3, -0.25) is 9.69 Å². The molecule has 26 heavy (non-hydrogen) atoms. The zero-order valence-corrected chi connectivity index (χ0v) is 15.6. The lowest BCUT2D eigenvalue weighted by Crippen LogP contribution is -2.50. The van der Waals surface area contributed by atoms with Crippen LogP contribution in [0.15, 0.2) is 54.6 Å². The molecule has 0 bridgehead atoms. The van der Waals surface area contributed by atoms with Gasteiger partial charge in [-0.25, -0.2) is 0 Å². The van der Waals surface area contributed by atoms with Crippen molar-refractivity contribution in [3.63, 3.8) is 0 Å². The van der Waals surface area contributed by atoms with Gasteiger partial charge < -0.3 is 10.6 Å². The molecule has 1 saturated heterocycles. The Bertz CT molecular complexity index is 716. The number of piperidine rings is 1. The Morgan fingerprint density at radius 1 is 1.19 bits per heavy atom. The van der Waals surface area contributed by atoms with Crippen molar-refractivity contribution in [3.8, 4) is 0 Å². The van der Waals surface area contributed by atoms with Crippen LogP contribution in [0.3, 0.4) is 0 Å². The van der Waals surface area contributed by atoms with Crippen LogP contribution >= 0.6 is 0 Å². The first kappa shape index (κ1) is 18.5. The summed E-state index contributed by atoms with van der Waals surface area (Å²) in [7, 11) is 0. The molecule has 3 rings (SSSR count). The zero-order chi connectivity index (χ0) is 18.4. The summed E-state index contributed by atoms with van der Waals surface area (Å²) in [6.07, 6.45) is 3.16. The average molecular weight is 351 g/mol. The molecular weight excluding hydrogens is 322 g/mol. The first-order valence-corrected chi connectivity index (χ1v) is 9.60. The molecule has 1 atom stereocenters. The van der Waals surface area contributed by atoms with E-state index in [1.807, 2.05) is 18.2 Å². The van der Waals surface area contributed by atoms with Crippen LogP contribution in [0.5, 0.6) is 0 Å². The third kappa shape index (κ3) is 4.64. The van der Waals surface area contributed by atoms with Crippen LogP contribution in [0.25, 0.3) is 0 Å². The van der Waals surface area contributed by atoms with E-state index in [0.29, 0.717) is 11.3 Å². The number of nitrogens with two attached hydrogens (primary N) is 1. The van der Waals surface area contributed by atoms with Gasteiger partial charge in [-0.2, -0.15) is 0 Å². The standard InChI is InChI=1S/C22H29N3O/c1-2-13-25(22(26)19-10-6-11-20(23)15-19)21-12-7-14-24(17-21)16-18-8-4-3-5-9-18/h3-6,8-11,15,21H,2,7,12-14,16-17,23H2,1H3. The number of carbonyl (C=O) groups is 1. The lowest BCUT2D eigenvalue weighted by Gasteiger charge is -2.39. The monoisotopic (exact) mass is 351 g/mol. The second-order valence-corrected chi connectivity index (χ2v) is 7.14. The number of benzene rings is 2. The van der Waals surface area contributed by atoms with E-state index in [0.717, 1.165) is 45.4 Å². The Morgan fingerprint density at radius 2 is 2.00 bits per heavy atom. The summed E-state index contributed by atoms with van der Waals surface area (Å²) in [5, 5.41) is 0. The van der Waals surface area contributed by atoms with Crippen molar-refractivity contribution in [2.45, 2.75) is 38.8 Å². The van der Waals surface area contributed by atoms with Crippen LogP contribution in [-0.4, -0.2) is 41.4 Å². The first-order valence-electron chi connectivity index (χ1n) is 9.60. The fraction of sp³-hybridized carbons (Fsp3) is 0.409.